The smallest absolute Gasteiger partial charge is 0.214 e. The summed E-state index contributed by atoms with van der Waals surface area (Å²) in [6.07, 6.45) is 2.31. The first kappa shape index (κ1) is 16.9. The molecule has 0 aromatic rings. The fourth-order valence-electron chi connectivity index (χ4n) is 2.60. The SMILES string of the molecule is CC(C)CC(CN(C)C)NS(=O)(=O)C1CCNCC1. The summed E-state index contributed by atoms with van der Waals surface area (Å²) in [4.78, 5) is 2.04. The standard InChI is InChI=1S/C13H29N3O2S/c1-11(2)9-12(10-16(3)4)15-19(17,18)13-5-7-14-8-6-13/h11-15H,5-10H2,1-4H3. The minimum atomic E-state index is -3.19. The van der Waals surface area contributed by atoms with Gasteiger partial charge in [-0.3, -0.25) is 0 Å². The first-order valence-electron chi connectivity index (χ1n) is 7.18. The number of hydrogen-bond acceptors (Lipinski definition) is 4. The molecule has 0 aromatic heterocycles. The predicted molar refractivity (Wildman–Crippen MR) is 79.7 cm³/mol. The highest BCUT2D eigenvalue weighted by molar-refractivity contribution is 7.90. The second-order valence-corrected chi connectivity index (χ2v) is 8.19. The lowest BCUT2D eigenvalue weighted by Crippen LogP contribution is -2.48. The van der Waals surface area contributed by atoms with E-state index in [4.69, 9.17) is 0 Å². The van der Waals surface area contributed by atoms with Gasteiger partial charge in [-0.2, -0.15) is 0 Å². The molecule has 1 aliphatic rings. The molecular formula is C13H29N3O2S. The van der Waals surface area contributed by atoms with Gasteiger partial charge in [0, 0.05) is 12.6 Å². The first-order chi connectivity index (χ1) is 8.81. The van der Waals surface area contributed by atoms with Gasteiger partial charge in [0.05, 0.1) is 5.25 Å². The van der Waals surface area contributed by atoms with Crippen LogP contribution in [-0.2, 0) is 10.0 Å². The van der Waals surface area contributed by atoms with Crippen LogP contribution in [0.1, 0.15) is 33.1 Å². The van der Waals surface area contributed by atoms with Crippen LogP contribution in [0.2, 0.25) is 0 Å². The van der Waals surface area contributed by atoms with Crippen molar-refractivity contribution >= 4 is 10.0 Å². The monoisotopic (exact) mass is 291 g/mol. The molecule has 0 bridgehead atoms. The van der Waals surface area contributed by atoms with Gasteiger partial charge in [0.1, 0.15) is 0 Å². The molecule has 0 aromatic carbocycles. The molecule has 6 heteroatoms. The predicted octanol–water partition coefficient (Wildman–Crippen LogP) is 0.634. The Morgan fingerprint density at radius 3 is 2.32 bits per heavy atom. The lowest BCUT2D eigenvalue weighted by Gasteiger charge is -2.28. The van der Waals surface area contributed by atoms with Crippen molar-refractivity contribution in [2.75, 3.05) is 33.7 Å². The minimum absolute atomic E-state index is 0.00915. The van der Waals surface area contributed by atoms with Crippen molar-refractivity contribution in [1.82, 2.24) is 14.9 Å². The lowest BCUT2D eigenvalue weighted by atomic mass is 10.0. The van der Waals surface area contributed by atoms with Crippen LogP contribution in [0.4, 0.5) is 0 Å². The fourth-order valence-corrected chi connectivity index (χ4v) is 4.29. The Morgan fingerprint density at radius 2 is 1.84 bits per heavy atom. The number of hydrogen-bond donors (Lipinski definition) is 2. The summed E-state index contributed by atoms with van der Waals surface area (Å²) in [5, 5.41) is 2.97. The summed E-state index contributed by atoms with van der Waals surface area (Å²) in [6, 6.07) is 0.00915. The molecule has 5 nitrogen and oxygen atoms in total. The van der Waals surface area contributed by atoms with Crippen LogP contribution in [0.15, 0.2) is 0 Å². The molecule has 0 saturated carbocycles. The van der Waals surface area contributed by atoms with E-state index in [-0.39, 0.29) is 11.3 Å². The van der Waals surface area contributed by atoms with E-state index in [1.807, 2.05) is 19.0 Å². The van der Waals surface area contributed by atoms with Crippen LogP contribution in [0, 0.1) is 5.92 Å². The largest absolute Gasteiger partial charge is 0.317 e. The van der Waals surface area contributed by atoms with Crippen molar-refractivity contribution in [2.24, 2.45) is 5.92 Å². The van der Waals surface area contributed by atoms with Crippen LogP contribution in [0.5, 0.6) is 0 Å². The van der Waals surface area contributed by atoms with E-state index in [0.717, 1.165) is 26.1 Å². The summed E-state index contributed by atoms with van der Waals surface area (Å²) in [5.74, 6) is 0.487. The van der Waals surface area contributed by atoms with Crippen molar-refractivity contribution in [2.45, 2.75) is 44.4 Å². The van der Waals surface area contributed by atoms with E-state index in [2.05, 4.69) is 23.9 Å². The summed E-state index contributed by atoms with van der Waals surface area (Å²) in [6.45, 7) is 6.60. The molecule has 1 rings (SSSR count). The third-order valence-electron chi connectivity index (χ3n) is 3.40. The topological polar surface area (TPSA) is 61.4 Å². The van der Waals surface area contributed by atoms with E-state index in [0.29, 0.717) is 18.8 Å². The summed E-state index contributed by atoms with van der Waals surface area (Å²) in [7, 11) is 0.766. The summed E-state index contributed by atoms with van der Waals surface area (Å²) in [5.41, 5.74) is 0. The molecule has 2 N–H and O–H groups in total. The number of piperidine rings is 1. The molecule has 1 fully saturated rings. The quantitative estimate of drug-likeness (QED) is 0.722. The Labute approximate surface area is 118 Å². The van der Waals surface area contributed by atoms with Crippen LogP contribution in [0.3, 0.4) is 0 Å². The number of sulfonamides is 1. The highest BCUT2D eigenvalue weighted by Crippen LogP contribution is 2.14. The summed E-state index contributed by atoms with van der Waals surface area (Å²) >= 11 is 0. The van der Waals surface area contributed by atoms with Crippen LogP contribution >= 0.6 is 0 Å². The molecule has 0 spiro atoms. The van der Waals surface area contributed by atoms with Gasteiger partial charge in [-0.25, -0.2) is 13.1 Å². The molecule has 1 heterocycles. The summed E-state index contributed by atoms with van der Waals surface area (Å²) < 4.78 is 27.7. The Bertz CT molecular complexity index is 339. The highest BCUT2D eigenvalue weighted by Gasteiger charge is 2.29. The van der Waals surface area contributed by atoms with Gasteiger partial charge in [0.15, 0.2) is 0 Å². The van der Waals surface area contributed by atoms with Crippen LogP contribution in [-0.4, -0.2) is 58.3 Å². The fraction of sp³-hybridized carbons (Fsp3) is 1.00. The van der Waals surface area contributed by atoms with Gasteiger partial charge >= 0.3 is 0 Å². The Kier molecular flexibility index (Phi) is 6.73. The van der Waals surface area contributed by atoms with E-state index in [9.17, 15) is 8.42 Å². The lowest BCUT2D eigenvalue weighted by molar-refractivity contribution is 0.327. The zero-order valence-corrected chi connectivity index (χ0v) is 13.5. The van der Waals surface area contributed by atoms with Crippen molar-refractivity contribution in [3.05, 3.63) is 0 Å². The van der Waals surface area contributed by atoms with Gasteiger partial charge in [-0.15, -0.1) is 0 Å². The van der Waals surface area contributed by atoms with Gasteiger partial charge < -0.3 is 10.2 Å². The number of nitrogens with zero attached hydrogens (tertiary/aromatic N) is 1. The molecule has 19 heavy (non-hydrogen) atoms. The highest BCUT2D eigenvalue weighted by atomic mass is 32.2. The number of nitrogens with one attached hydrogen (secondary N) is 2. The Morgan fingerprint density at radius 1 is 1.26 bits per heavy atom. The number of rotatable bonds is 7. The van der Waals surface area contributed by atoms with Crippen LogP contribution < -0.4 is 10.0 Å². The normalized spacial score (nSPS) is 20.1. The average molecular weight is 291 g/mol. The Balaban J connectivity index is 2.64. The second kappa shape index (κ2) is 7.57. The van der Waals surface area contributed by atoms with Crippen molar-refractivity contribution in [3.8, 4) is 0 Å². The van der Waals surface area contributed by atoms with E-state index >= 15 is 0 Å². The number of likely N-dealkylation sites (N-methyl/N-ethyl adjacent to an activating group) is 1. The molecule has 1 aliphatic heterocycles. The van der Waals surface area contributed by atoms with Gasteiger partial charge in [0.2, 0.25) is 10.0 Å². The van der Waals surface area contributed by atoms with Crippen LogP contribution in [0.25, 0.3) is 0 Å². The van der Waals surface area contributed by atoms with E-state index in [1.165, 1.54) is 0 Å². The van der Waals surface area contributed by atoms with Crippen molar-refractivity contribution in [3.63, 3.8) is 0 Å². The average Bonchev–Trinajstić information content (AvgIpc) is 2.27. The molecule has 0 aliphatic carbocycles. The maximum absolute atomic E-state index is 12.4. The van der Waals surface area contributed by atoms with Gasteiger partial charge in [-0.05, 0) is 52.4 Å². The molecule has 1 unspecified atom stereocenters. The van der Waals surface area contributed by atoms with E-state index < -0.39 is 10.0 Å². The molecule has 1 saturated heterocycles. The van der Waals surface area contributed by atoms with Crippen molar-refractivity contribution < 1.29 is 8.42 Å². The van der Waals surface area contributed by atoms with Crippen molar-refractivity contribution in [1.29, 1.82) is 0 Å². The minimum Gasteiger partial charge on any atom is -0.317 e. The second-order valence-electron chi connectivity index (χ2n) is 6.20. The maximum atomic E-state index is 12.4. The van der Waals surface area contributed by atoms with Gasteiger partial charge in [-0.1, -0.05) is 13.8 Å². The molecule has 114 valence electrons. The van der Waals surface area contributed by atoms with E-state index in [1.54, 1.807) is 0 Å². The third-order valence-corrected chi connectivity index (χ3v) is 5.41. The first-order valence-corrected chi connectivity index (χ1v) is 8.72. The molecule has 0 amide bonds. The maximum Gasteiger partial charge on any atom is 0.214 e. The third kappa shape index (κ3) is 6.21. The zero-order chi connectivity index (χ0) is 14.5. The van der Waals surface area contributed by atoms with Gasteiger partial charge in [0.25, 0.3) is 0 Å². The molecular weight excluding hydrogens is 262 g/mol. The molecule has 0 radical (unpaired) electrons. The zero-order valence-electron chi connectivity index (χ0n) is 12.6. The molecule has 1 atom stereocenters. The Hall–Kier alpha value is -0.170.